The van der Waals surface area contributed by atoms with E-state index in [-0.39, 0.29) is 5.56 Å². The van der Waals surface area contributed by atoms with Crippen LogP contribution < -0.4 is 5.32 Å². The average molecular weight is 417 g/mol. The smallest absolute Gasteiger partial charge is 0.416 e. The Balaban J connectivity index is 1.56. The highest BCUT2D eigenvalue weighted by atomic mass is 35.5. The fourth-order valence-corrected chi connectivity index (χ4v) is 2.95. The molecule has 4 nitrogen and oxygen atoms in total. The minimum atomic E-state index is -4.45. The molecule has 1 N–H and O–H groups in total. The monoisotopic (exact) mass is 416 g/mol. The van der Waals surface area contributed by atoms with Crippen LogP contribution in [0.1, 0.15) is 15.9 Å². The van der Waals surface area contributed by atoms with Gasteiger partial charge >= 0.3 is 6.18 Å². The molecule has 0 unspecified atom stereocenters. The second-order valence-corrected chi connectivity index (χ2v) is 6.68. The molecule has 29 heavy (non-hydrogen) atoms. The van der Waals surface area contributed by atoms with E-state index in [9.17, 15) is 18.0 Å². The van der Waals surface area contributed by atoms with Crippen LogP contribution in [0.4, 0.5) is 18.9 Å². The first kappa shape index (κ1) is 19.0. The van der Waals surface area contributed by atoms with Crippen LogP contribution in [0.3, 0.4) is 0 Å². The molecule has 0 saturated carbocycles. The maximum atomic E-state index is 12.6. The summed E-state index contributed by atoms with van der Waals surface area (Å²) in [5, 5.41) is 3.19. The molecule has 0 atom stereocenters. The summed E-state index contributed by atoms with van der Waals surface area (Å²) in [5.41, 5.74) is 1.47. The number of amides is 1. The summed E-state index contributed by atoms with van der Waals surface area (Å²) >= 11 is 5.99. The SMILES string of the molecule is O=C(Nc1ccc2nc(-c3cccc(Cl)c3)oc2c1)c1ccc(C(F)(F)F)cc1. The first-order valence-electron chi connectivity index (χ1n) is 8.45. The predicted octanol–water partition coefficient (Wildman–Crippen LogP) is 6.42. The van der Waals surface area contributed by atoms with Crippen LogP contribution in [0.25, 0.3) is 22.6 Å². The maximum absolute atomic E-state index is 12.6. The van der Waals surface area contributed by atoms with Gasteiger partial charge in [0.15, 0.2) is 5.58 Å². The van der Waals surface area contributed by atoms with E-state index in [1.165, 1.54) is 0 Å². The number of carbonyl (C=O) groups excluding carboxylic acids is 1. The van der Waals surface area contributed by atoms with E-state index in [4.69, 9.17) is 16.0 Å². The van der Waals surface area contributed by atoms with E-state index in [0.717, 1.165) is 24.3 Å². The maximum Gasteiger partial charge on any atom is 0.416 e. The summed E-state index contributed by atoms with van der Waals surface area (Å²) in [5.74, 6) is -0.152. The fourth-order valence-electron chi connectivity index (χ4n) is 2.76. The molecule has 1 amide bonds. The Hall–Kier alpha value is -3.32. The molecule has 0 saturated heterocycles. The van der Waals surface area contributed by atoms with Crippen LogP contribution in [0, 0.1) is 0 Å². The standard InChI is InChI=1S/C21H12ClF3N2O2/c22-15-3-1-2-13(10-15)20-27-17-9-8-16(11-18(17)29-20)26-19(28)12-4-6-14(7-5-12)21(23,24)25/h1-11H,(H,26,28). The van der Waals surface area contributed by atoms with Crippen LogP contribution in [0.15, 0.2) is 71.1 Å². The molecule has 1 aromatic heterocycles. The van der Waals surface area contributed by atoms with E-state index < -0.39 is 17.6 Å². The zero-order valence-corrected chi connectivity index (χ0v) is 15.4. The lowest BCUT2D eigenvalue weighted by atomic mass is 10.1. The molecule has 4 aromatic rings. The van der Waals surface area contributed by atoms with Gasteiger partial charge in [0.2, 0.25) is 5.89 Å². The molecule has 0 aliphatic carbocycles. The van der Waals surface area contributed by atoms with Gasteiger partial charge in [-0.2, -0.15) is 13.2 Å². The summed E-state index contributed by atoms with van der Waals surface area (Å²) in [4.78, 5) is 16.7. The molecule has 3 aromatic carbocycles. The number of rotatable bonds is 3. The lowest BCUT2D eigenvalue weighted by Gasteiger charge is -2.08. The van der Waals surface area contributed by atoms with Gasteiger partial charge in [0.05, 0.1) is 5.56 Å². The molecule has 146 valence electrons. The summed E-state index contributed by atoms with van der Waals surface area (Å²) in [6, 6.07) is 15.9. The van der Waals surface area contributed by atoms with Gasteiger partial charge in [-0.3, -0.25) is 4.79 Å². The Labute approximate surface area is 167 Å². The Morgan fingerprint density at radius 2 is 1.76 bits per heavy atom. The number of nitrogens with zero attached hydrogens (tertiary/aromatic N) is 1. The Bertz CT molecular complexity index is 1200. The molecular weight excluding hydrogens is 405 g/mol. The zero-order chi connectivity index (χ0) is 20.6. The third-order valence-electron chi connectivity index (χ3n) is 4.19. The topological polar surface area (TPSA) is 55.1 Å². The second kappa shape index (κ2) is 7.25. The van der Waals surface area contributed by atoms with E-state index in [2.05, 4.69) is 10.3 Å². The van der Waals surface area contributed by atoms with Crippen molar-refractivity contribution >= 4 is 34.3 Å². The molecule has 0 spiro atoms. The van der Waals surface area contributed by atoms with Gasteiger partial charge in [0, 0.05) is 27.9 Å². The highest BCUT2D eigenvalue weighted by Crippen LogP contribution is 2.30. The van der Waals surface area contributed by atoms with Crippen molar-refractivity contribution in [2.45, 2.75) is 6.18 Å². The largest absolute Gasteiger partial charge is 0.436 e. The number of halogens is 4. The fraction of sp³-hybridized carbons (Fsp3) is 0.0476. The van der Waals surface area contributed by atoms with Gasteiger partial charge in [0.25, 0.3) is 5.91 Å². The summed E-state index contributed by atoms with van der Waals surface area (Å²) in [6.07, 6.45) is -4.45. The lowest BCUT2D eigenvalue weighted by Crippen LogP contribution is -2.12. The van der Waals surface area contributed by atoms with Gasteiger partial charge in [-0.25, -0.2) is 4.98 Å². The van der Waals surface area contributed by atoms with Crippen LogP contribution in [-0.2, 0) is 6.18 Å². The first-order chi connectivity index (χ1) is 13.8. The number of carbonyl (C=O) groups is 1. The Morgan fingerprint density at radius 1 is 1.00 bits per heavy atom. The van der Waals surface area contributed by atoms with Crippen molar-refractivity contribution in [2.75, 3.05) is 5.32 Å². The molecular formula is C21H12ClF3N2O2. The Morgan fingerprint density at radius 3 is 2.45 bits per heavy atom. The summed E-state index contributed by atoms with van der Waals surface area (Å²) < 4.78 is 43.7. The molecule has 0 fully saturated rings. The van der Waals surface area contributed by atoms with Gasteiger partial charge in [-0.15, -0.1) is 0 Å². The number of benzene rings is 3. The zero-order valence-electron chi connectivity index (χ0n) is 14.6. The highest BCUT2D eigenvalue weighted by Gasteiger charge is 2.30. The second-order valence-electron chi connectivity index (χ2n) is 6.24. The number of oxazole rings is 1. The van der Waals surface area contributed by atoms with Crippen molar-refractivity contribution < 1.29 is 22.4 Å². The van der Waals surface area contributed by atoms with Crippen LogP contribution in [0.2, 0.25) is 5.02 Å². The van der Waals surface area contributed by atoms with Gasteiger partial charge in [-0.05, 0) is 54.6 Å². The van der Waals surface area contributed by atoms with Crippen molar-refractivity contribution in [3.8, 4) is 11.5 Å². The number of fused-ring (bicyclic) bond motifs is 1. The predicted molar refractivity (Wildman–Crippen MR) is 104 cm³/mol. The third kappa shape index (κ3) is 4.09. The number of hydrogen-bond donors (Lipinski definition) is 1. The van der Waals surface area contributed by atoms with Crippen molar-refractivity contribution in [2.24, 2.45) is 0 Å². The normalized spacial score (nSPS) is 11.6. The summed E-state index contributed by atoms with van der Waals surface area (Å²) in [6.45, 7) is 0. The highest BCUT2D eigenvalue weighted by molar-refractivity contribution is 6.30. The number of anilines is 1. The minimum absolute atomic E-state index is 0.107. The molecule has 0 aliphatic rings. The van der Waals surface area contributed by atoms with Crippen molar-refractivity contribution in [3.05, 3.63) is 82.9 Å². The number of hydrogen-bond acceptors (Lipinski definition) is 3. The third-order valence-corrected chi connectivity index (χ3v) is 4.43. The van der Waals surface area contributed by atoms with Crippen LogP contribution in [0.5, 0.6) is 0 Å². The van der Waals surface area contributed by atoms with E-state index in [1.54, 1.807) is 36.4 Å². The molecule has 4 rings (SSSR count). The Kier molecular flexibility index (Phi) is 4.76. The van der Waals surface area contributed by atoms with Crippen molar-refractivity contribution in [1.29, 1.82) is 0 Å². The van der Waals surface area contributed by atoms with Gasteiger partial charge < -0.3 is 9.73 Å². The van der Waals surface area contributed by atoms with Crippen molar-refractivity contribution in [1.82, 2.24) is 4.98 Å². The van der Waals surface area contributed by atoms with Crippen LogP contribution >= 0.6 is 11.6 Å². The molecule has 1 heterocycles. The van der Waals surface area contributed by atoms with Crippen LogP contribution in [-0.4, -0.2) is 10.9 Å². The van der Waals surface area contributed by atoms with Gasteiger partial charge in [0.1, 0.15) is 5.52 Å². The van der Waals surface area contributed by atoms with E-state index >= 15 is 0 Å². The first-order valence-corrected chi connectivity index (χ1v) is 8.82. The number of alkyl halides is 3. The minimum Gasteiger partial charge on any atom is -0.436 e. The molecule has 0 radical (unpaired) electrons. The molecule has 8 heteroatoms. The average Bonchev–Trinajstić information content (AvgIpc) is 3.11. The molecule has 0 bridgehead atoms. The lowest BCUT2D eigenvalue weighted by molar-refractivity contribution is -0.137. The van der Waals surface area contributed by atoms with Crippen molar-refractivity contribution in [3.63, 3.8) is 0 Å². The van der Waals surface area contributed by atoms with E-state index in [0.29, 0.717) is 33.3 Å². The summed E-state index contributed by atoms with van der Waals surface area (Å²) in [7, 11) is 0. The number of aromatic nitrogens is 1. The number of nitrogens with one attached hydrogen (secondary N) is 1. The quantitative estimate of drug-likeness (QED) is 0.419. The van der Waals surface area contributed by atoms with Gasteiger partial charge in [-0.1, -0.05) is 17.7 Å². The van der Waals surface area contributed by atoms with E-state index in [1.807, 2.05) is 6.07 Å². The molecule has 0 aliphatic heterocycles.